The van der Waals surface area contributed by atoms with Gasteiger partial charge >= 0.3 is 0 Å². The van der Waals surface area contributed by atoms with E-state index in [1.165, 1.54) is 24.4 Å². The van der Waals surface area contributed by atoms with Crippen LogP contribution in [0.1, 0.15) is 35.7 Å². The Bertz CT molecular complexity index is 1090. The largest absolute Gasteiger partial charge is 0.345 e. The maximum absolute atomic E-state index is 14.9. The smallest absolute Gasteiger partial charge is 0.198 e. The van der Waals surface area contributed by atoms with Crippen molar-refractivity contribution < 1.29 is 17.6 Å². The first-order chi connectivity index (χ1) is 12.3. The van der Waals surface area contributed by atoms with Crippen molar-refractivity contribution in [2.24, 2.45) is 0 Å². The zero-order valence-electron chi connectivity index (χ0n) is 13.9. The summed E-state index contributed by atoms with van der Waals surface area (Å²) in [5.74, 6) is -1.76. The van der Waals surface area contributed by atoms with Gasteiger partial charge in [-0.25, -0.2) is 17.8 Å². The van der Waals surface area contributed by atoms with Gasteiger partial charge in [-0.05, 0) is 40.5 Å². The molecule has 1 aromatic carbocycles. The molecule has 26 heavy (non-hydrogen) atoms. The van der Waals surface area contributed by atoms with Crippen LogP contribution in [0.5, 0.6) is 0 Å². The third-order valence-electron chi connectivity index (χ3n) is 4.05. The van der Waals surface area contributed by atoms with Gasteiger partial charge in [-0.2, -0.15) is 0 Å². The fourth-order valence-corrected chi connectivity index (χ4v) is 4.57. The fraction of sp³-hybridized carbons (Fsp3) is 0.222. The number of aromatic amines is 1. The lowest BCUT2D eigenvalue weighted by Gasteiger charge is -2.08. The van der Waals surface area contributed by atoms with Crippen LogP contribution in [-0.4, -0.2) is 29.9 Å². The van der Waals surface area contributed by atoms with Gasteiger partial charge in [0.15, 0.2) is 21.4 Å². The number of benzene rings is 1. The molecule has 8 heteroatoms. The summed E-state index contributed by atoms with van der Waals surface area (Å²) >= 11 is 3.29. The van der Waals surface area contributed by atoms with E-state index in [9.17, 15) is 17.6 Å². The molecule has 3 rings (SSSR count). The Morgan fingerprint density at radius 3 is 2.81 bits per heavy atom. The zero-order valence-corrected chi connectivity index (χ0v) is 16.3. The number of unbranched alkanes of at least 4 members (excludes halogenated alkanes) is 1. The van der Waals surface area contributed by atoms with Crippen molar-refractivity contribution in [3.8, 4) is 0 Å². The van der Waals surface area contributed by atoms with Gasteiger partial charge in [0.25, 0.3) is 0 Å². The number of rotatable bonds is 6. The molecule has 0 saturated heterocycles. The molecule has 0 spiro atoms. The highest BCUT2D eigenvalue weighted by Crippen LogP contribution is 2.26. The van der Waals surface area contributed by atoms with Gasteiger partial charge in [0.2, 0.25) is 0 Å². The van der Waals surface area contributed by atoms with E-state index in [0.29, 0.717) is 28.3 Å². The van der Waals surface area contributed by atoms with Crippen LogP contribution in [-0.2, 0) is 9.84 Å². The van der Waals surface area contributed by atoms with Gasteiger partial charge in [-0.1, -0.05) is 19.4 Å². The van der Waals surface area contributed by atoms with Crippen LogP contribution in [0, 0.1) is 5.82 Å². The van der Waals surface area contributed by atoms with Crippen LogP contribution < -0.4 is 0 Å². The number of pyridine rings is 1. The molecule has 3 aromatic rings. The predicted octanol–water partition coefficient (Wildman–Crippen LogP) is 4.27. The van der Waals surface area contributed by atoms with E-state index >= 15 is 0 Å². The van der Waals surface area contributed by atoms with Crippen molar-refractivity contribution in [1.29, 1.82) is 0 Å². The number of hydrogen-bond donors (Lipinski definition) is 1. The van der Waals surface area contributed by atoms with E-state index < -0.39 is 26.3 Å². The van der Waals surface area contributed by atoms with Crippen LogP contribution in [0.3, 0.4) is 0 Å². The number of H-pyrrole nitrogens is 1. The van der Waals surface area contributed by atoms with Gasteiger partial charge in [0.05, 0.1) is 11.3 Å². The molecule has 0 aliphatic carbocycles. The number of carbonyl (C=O) groups is 1. The normalized spacial score (nSPS) is 11.8. The molecule has 0 saturated carbocycles. The Hall–Kier alpha value is -2.06. The van der Waals surface area contributed by atoms with Crippen molar-refractivity contribution >= 4 is 42.6 Å². The maximum atomic E-state index is 14.9. The van der Waals surface area contributed by atoms with E-state index in [1.807, 2.05) is 6.92 Å². The monoisotopic (exact) mass is 438 g/mol. The lowest BCUT2D eigenvalue weighted by molar-refractivity contribution is 0.103. The highest BCUT2D eigenvalue weighted by Gasteiger charge is 2.25. The van der Waals surface area contributed by atoms with Gasteiger partial charge in [0, 0.05) is 27.8 Å². The lowest BCUT2D eigenvalue weighted by Crippen LogP contribution is -2.12. The molecule has 0 bridgehead atoms. The molecule has 0 fully saturated rings. The summed E-state index contributed by atoms with van der Waals surface area (Å²) in [5, 5.41) is 0.531. The Kier molecular flexibility index (Phi) is 5.24. The number of fused-ring (bicyclic) bond motifs is 1. The highest BCUT2D eigenvalue weighted by molar-refractivity contribution is 9.10. The average molecular weight is 439 g/mol. The molecule has 0 radical (unpaired) electrons. The molecule has 2 aromatic heterocycles. The molecule has 0 aliphatic rings. The number of halogens is 2. The van der Waals surface area contributed by atoms with E-state index in [1.54, 1.807) is 12.3 Å². The van der Waals surface area contributed by atoms with Crippen molar-refractivity contribution in [2.45, 2.75) is 24.7 Å². The molecule has 2 heterocycles. The third kappa shape index (κ3) is 3.43. The molecule has 0 unspecified atom stereocenters. The molecule has 0 atom stereocenters. The van der Waals surface area contributed by atoms with E-state index in [0.717, 1.165) is 0 Å². The number of hydrogen-bond acceptors (Lipinski definition) is 4. The summed E-state index contributed by atoms with van der Waals surface area (Å²) in [4.78, 5) is 19.4. The average Bonchev–Trinajstić information content (AvgIpc) is 3.02. The Morgan fingerprint density at radius 2 is 2.08 bits per heavy atom. The van der Waals surface area contributed by atoms with Crippen LogP contribution in [0.2, 0.25) is 0 Å². The first-order valence-electron chi connectivity index (χ1n) is 8.03. The van der Waals surface area contributed by atoms with Crippen LogP contribution in [0.4, 0.5) is 4.39 Å². The number of aromatic nitrogens is 2. The lowest BCUT2D eigenvalue weighted by atomic mass is 10.0. The second-order valence-electron chi connectivity index (χ2n) is 5.87. The summed E-state index contributed by atoms with van der Waals surface area (Å²) in [6, 6.07) is 5.58. The summed E-state index contributed by atoms with van der Waals surface area (Å²) in [7, 11) is -3.78. The Labute approximate surface area is 158 Å². The minimum Gasteiger partial charge on any atom is -0.345 e. The SMILES string of the molecule is CCCCS(=O)(=O)c1cccc(C(=O)c2c[nH]c3ncc(Br)cc23)c1F. The van der Waals surface area contributed by atoms with Crippen molar-refractivity contribution in [3.63, 3.8) is 0 Å². The summed E-state index contributed by atoms with van der Waals surface area (Å²) in [5.41, 5.74) is 0.447. The second kappa shape index (κ2) is 7.28. The highest BCUT2D eigenvalue weighted by atomic mass is 79.9. The number of carbonyl (C=O) groups excluding carboxylic acids is 1. The third-order valence-corrected chi connectivity index (χ3v) is 6.30. The predicted molar refractivity (Wildman–Crippen MR) is 101 cm³/mol. The molecule has 5 nitrogen and oxygen atoms in total. The maximum Gasteiger partial charge on any atom is 0.198 e. The van der Waals surface area contributed by atoms with Crippen LogP contribution in [0.15, 0.2) is 46.0 Å². The number of nitrogens with one attached hydrogen (secondary N) is 1. The number of nitrogens with zero attached hydrogens (tertiary/aromatic N) is 1. The minimum atomic E-state index is -3.78. The molecule has 0 amide bonds. The van der Waals surface area contributed by atoms with Crippen LogP contribution in [0.25, 0.3) is 11.0 Å². The first kappa shape index (κ1) is 18.7. The minimum absolute atomic E-state index is 0.151. The molecule has 1 N–H and O–H groups in total. The van der Waals surface area contributed by atoms with Gasteiger partial charge < -0.3 is 4.98 Å². The number of sulfone groups is 1. The summed E-state index contributed by atoms with van der Waals surface area (Å²) in [6.45, 7) is 1.86. The van der Waals surface area contributed by atoms with Gasteiger partial charge in [-0.3, -0.25) is 4.79 Å². The van der Waals surface area contributed by atoms with E-state index in [2.05, 4.69) is 25.9 Å². The van der Waals surface area contributed by atoms with Crippen molar-refractivity contribution in [3.05, 3.63) is 58.1 Å². The Balaban J connectivity index is 2.08. The van der Waals surface area contributed by atoms with E-state index in [-0.39, 0.29) is 16.9 Å². The molecule has 0 aliphatic heterocycles. The van der Waals surface area contributed by atoms with E-state index in [4.69, 9.17) is 0 Å². The standard InChI is InChI=1S/C18H16BrFN2O3S/c1-2-3-7-26(24,25)15-6-4-5-12(16(15)20)17(23)14-10-22-18-13(14)8-11(19)9-21-18/h4-6,8-10H,2-3,7H2,1H3,(H,21,22). The summed E-state index contributed by atoms with van der Waals surface area (Å²) in [6.07, 6.45) is 4.14. The zero-order chi connectivity index (χ0) is 18.9. The Morgan fingerprint density at radius 1 is 1.31 bits per heavy atom. The van der Waals surface area contributed by atoms with Crippen molar-refractivity contribution in [1.82, 2.24) is 9.97 Å². The topological polar surface area (TPSA) is 79.9 Å². The quantitative estimate of drug-likeness (QED) is 0.582. The first-order valence-corrected chi connectivity index (χ1v) is 10.5. The van der Waals surface area contributed by atoms with Gasteiger partial charge in [-0.15, -0.1) is 0 Å². The van der Waals surface area contributed by atoms with Gasteiger partial charge in [0.1, 0.15) is 10.5 Å². The molecule has 136 valence electrons. The number of ketones is 1. The van der Waals surface area contributed by atoms with Crippen molar-refractivity contribution in [2.75, 3.05) is 5.75 Å². The fourth-order valence-electron chi connectivity index (χ4n) is 2.68. The second-order valence-corrected chi connectivity index (χ2v) is 8.86. The molecular weight excluding hydrogens is 423 g/mol. The van der Waals surface area contributed by atoms with Crippen LogP contribution >= 0.6 is 15.9 Å². The molecular formula is C18H16BrFN2O3S. The summed E-state index contributed by atoms with van der Waals surface area (Å²) < 4.78 is 40.3.